The first-order chi connectivity index (χ1) is 11.5. The molecule has 3 amide bonds. The number of hydrogen-bond acceptors (Lipinski definition) is 5. The summed E-state index contributed by atoms with van der Waals surface area (Å²) in [5.41, 5.74) is 0. The van der Waals surface area contributed by atoms with Crippen LogP contribution >= 0.6 is 0 Å². The lowest BCUT2D eigenvalue weighted by atomic mass is 9.98. The first kappa shape index (κ1) is 18.9. The lowest BCUT2D eigenvalue weighted by Crippen LogP contribution is -2.54. The van der Waals surface area contributed by atoms with Gasteiger partial charge in [0.05, 0.1) is 6.04 Å². The highest BCUT2D eigenvalue weighted by atomic mass is 16.5. The number of piperidine rings is 2. The van der Waals surface area contributed by atoms with Gasteiger partial charge in [0.1, 0.15) is 0 Å². The highest BCUT2D eigenvalue weighted by Crippen LogP contribution is 2.23. The molecule has 7 nitrogen and oxygen atoms in total. The van der Waals surface area contributed by atoms with Gasteiger partial charge in [-0.2, -0.15) is 0 Å². The lowest BCUT2D eigenvalue weighted by Gasteiger charge is -2.40. The summed E-state index contributed by atoms with van der Waals surface area (Å²) in [7, 11) is 1.65. The Morgan fingerprint density at radius 2 is 1.88 bits per heavy atom. The summed E-state index contributed by atoms with van der Waals surface area (Å²) < 4.78 is 4.97. The Kier molecular flexibility index (Phi) is 7.17. The summed E-state index contributed by atoms with van der Waals surface area (Å²) in [6, 6.07) is -0.195. The predicted octanol–water partition coefficient (Wildman–Crippen LogP) is 0.531. The number of methoxy groups -OCH3 is 1. The summed E-state index contributed by atoms with van der Waals surface area (Å²) in [6.07, 6.45) is 3.93. The van der Waals surface area contributed by atoms with Crippen molar-refractivity contribution in [3.05, 3.63) is 0 Å². The van der Waals surface area contributed by atoms with Crippen molar-refractivity contribution in [2.45, 2.75) is 57.5 Å². The average Bonchev–Trinajstić information content (AvgIpc) is 2.58. The first-order valence-electron chi connectivity index (χ1n) is 8.90. The van der Waals surface area contributed by atoms with E-state index in [0.29, 0.717) is 32.4 Å². The minimum absolute atomic E-state index is 0.00138. The fourth-order valence-corrected chi connectivity index (χ4v) is 3.45. The second kappa shape index (κ2) is 9.13. The van der Waals surface area contributed by atoms with Crippen molar-refractivity contribution in [1.82, 2.24) is 15.1 Å². The normalized spacial score (nSPS) is 21.8. The van der Waals surface area contributed by atoms with Crippen LogP contribution in [-0.4, -0.2) is 73.0 Å². The van der Waals surface area contributed by atoms with Crippen LogP contribution in [0.3, 0.4) is 0 Å². The monoisotopic (exact) mass is 339 g/mol. The molecule has 1 N–H and O–H groups in total. The number of rotatable bonds is 7. The number of imide groups is 1. The van der Waals surface area contributed by atoms with Crippen molar-refractivity contribution < 1.29 is 19.1 Å². The number of nitrogens with zero attached hydrogens (tertiary/aromatic N) is 2. The summed E-state index contributed by atoms with van der Waals surface area (Å²) in [5.74, 6) is -0.0445. The molecule has 0 radical (unpaired) electrons. The maximum atomic E-state index is 12.2. The number of carbonyl (C=O) groups is 3. The third-order valence-corrected chi connectivity index (χ3v) is 4.93. The zero-order valence-corrected chi connectivity index (χ0v) is 14.8. The Bertz CT molecular complexity index is 445. The molecule has 136 valence electrons. The van der Waals surface area contributed by atoms with Crippen LogP contribution in [0.15, 0.2) is 0 Å². The molecule has 24 heavy (non-hydrogen) atoms. The molecule has 2 aliphatic rings. The van der Waals surface area contributed by atoms with Crippen LogP contribution in [0.5, 0.6) is 0 Å². The van der Waals surface area contributed by atoms with E-state index in [1.165, 1.54) is 4.90 Å². The second-order valence-electron chi connectivity index (χ2n) is 6.59. The minimum atomic E-state index is -0.193. The molecule has 0 spiro atoms. The maximum Gasteiger partial charge on any atom is 0.237 e. The summed E-state index contributed by atoms with van der Waals surface area (Å²) in [5, 5.41) is 2.92. The van der Waals surface area contributed by atoms with E-state index < -0.39 is 0 Å². The third kappa shape index (κ3) is 4.77. The first-order valence-corrected chi connectivity index (χ1v) is 8.90. The standard InChI is InChI=1S/C17H29N3O4/c1-13(17(23)18-9-4-12-24-2)19-10-7-14(8-11-19)20-15(21)5-3-6-16(20)22/h13-14H,3-12H2,1-2H3,(H,18,23). The average molecular weight is 339 g/mol. The van der Waals surface area contributed by atoms with Gasteiger partial charge in [-0.1, -0.05) is 0 Å². The van der Waals surface area contributed by atoms with Gasteiger partial charge in [0, 0.05) is 52.2 Å². The van der Waals surface area contributed by atoms with Crippen LogP contribution in [0.4, 0.5) is 0 Å². The van der Waals surface area contributed by atoms with Crippen molar-refractivity contribution in [3.8, 4) is 0 Å². The van der Waals surface area contributed by atoms with E-state index in [0.717, 1.165) is 32.4 Å². The fourth-order valence-electron chi connectivity index (χ4n) is 3.45. The number of carbonyl (C=O) groups excluding carboxylic acids is 3. The SMILES string of the molecule is COCCCNC(=O)C(C)N1CCC(N2C(=O)CCCC2=O)CC1. The molecule has 2 heterocycles. The molecule has 2 saturated heterocycles. The Morgan fingerprint density at radius 3 is 2.46 bits per heavy atom. The number of nitrogens with one attached hydrogen (secondary N) is 1. The summed E-state index contributed by atoms with van der Waals surface area (Å²) in [4.78, 5) is 39.8. The van der Waals surface area contributed by atoms with Crippen LogP contribution < -0.4 is 5.32 Å². The van der Waals surface area contributed by atoms with Gasteiger partial charge in [0.15, 0.2) is 0 Å². The van der Waals surface area contributed by atoms with E-state index in [1.807, 2.05) is 6.92 Å². The van der Waals surface area contributed by atoms with E-state index in [9.17, 15) is 14.4 Å². The van der Waals surface area contributed by atoms with Gasteiger partial charge in [-0.15, -0.1) is 0 Å². The van der Waals surface area contributed by atoms with Gasteiger partial charge in [-0.3, -0.25) is 24.2 Å². The van der Waals surface area contributed by atoms with Crippen LogP contribution in [0, 0.1) is 0 Å². The Labute approximate surface area is 143 Å². The Morgan fingerprint density at radius 1 is 1.25 bits per heavy atom. The molecular weight excluding hydrogens is 310 g/mol. The third-order valence-electron chi connectivity index (χ3n) is 4.93. The fraction of sp³-hybridized carbons (Fsp3) is 0.824. The smallest absolute Gasteiger partial charge is 0.237 e. The highest BCUT2D eigenvalue weighted by Gasteiger charge is 2.35. The number of ether oxygens (including phenoxy) is 1. The summed E-state index contributed by atoms with van der Waals surface area (Å²) >= 11 is 0. The Hall–Kier alpha value is -1.47. The molecule has 0 aromatic heterocycles. The zero-order chi connectivity index (χ0) is 17.5. The molecular formula is C17H29N3O4. The number of hydrogen-bond donors (Lipinski definition) is 1. The molecule has 2 rings (SSSR count). The number of likely N-dealkylation sites (tertiary alicyclic amines) is 2. The molecule has 1 unspecified atom stereocenters. The molecule has 1 atom stereocenters. The van der Waals surface area contributed by atoms with E-state index >= 15 is 0 Å². The van der Waals surface area contributed by atoms with Gasteiger partial charge < -0.3 is 10.1 Å². The van der Waals surface area contributed by atoms with Crippen molar-refractivity contribution in [2.75, 3.05) is 33.4 Å². The van der Waals surface area contributed by atoms with Crippen LogP contribution in [-0.2, 0) is 19.1 Å². The van der Waals surface area contributed by atoms with Crippen molar-refractivity contribution >= 4 is 17.7 Å². The maximum absolute atomic E-state index is 12.2. The molecule has 0 aromatic carbocycles. The quantitative estimate of drug-likeness (QED) is 0.541. The molecule has 0 aromatic rings. The second-order valence-corrected chi connectivity index (χ2v) is 6.59. The van der Waals surface area contributed by atoms with Gasteiger partial charge in [-0.25, -0.2) is 0 Å². The summed E-state index contributed by atoms with van der Waals surface area (Å²) in [6.45, 7) is 4.62. The van der Waals surface area contributed by atoms with Gasteiger partial charge in [-0.05, 0) is 32.6 Å². The van der Waals surface area contributed by atoms with Crippen LogP contribution in [0.1, 0.15) is 45.4 Å². The molecule has 0 saturated carbocycles. The molecule has 2 aliphatic heterocycles. The van der Waals surface area contributed by atoms with Gasteiger partial charge in [0.2, 0.25) is 17.7 Å². The number of amides is 3. The highest BCUT2D eigenvalue weighted by molar-refractivity contribution is 5.97. The Balaban J connectivity index is 1.78. The van der Waals surface area contributed by atoms with Crippen molar-refractivity contribution in [2.24, 2.45) is 0 Å². The van der Waals surface area contributed by atoms with E-state index in [4.69, 9.17) is 4.74 Å². The van der Waals surface area contributed by atoms with Crippen LogP contribution in [0.2, 0.25) is 0 Å². The topological polar surface area (TPSA) is 79.0 Å². The van der Waals surface area contributed by atoms with E-state index in [2.05, 4.69) is 10.2 Å². The van der Waals surface area contributed by atoms with E-state index in [1.54, 1.807) is 7.11 Å². The predicted molar refractivity (Wildman–Crippen MR) is 89.3 cm³/mol. The molecule has 2 fully saturated rings. The van der Waals surface area contributed by atoms with Crippen molar-refractivity contribution in [1.29, 1.82) is 0 Å². The zero-order valence-electron chi connectivity index (χ0n) is 14.8. The molecule has 0 bridgehead atoms. The van der Waals surface area contributed by atoms with Gasteiger partial charge in [0.25, 0.3) is 0 Å². The lowest BCUT2D eigenvalue weighted by molar-refractivity contribution is -0.152. The van der Waals surface area contributed by atoms with Gasteiger partial charge >= 0.3 is 0 Å². The van der Waals surface area contributed by atoms with Crippen LogP contribution in [0.25, 0.3) is 0 Å². The van der Waals surface area contributed by atoms with E-state index in [-0.39, 0.29) is 29.8 Å². The molecule has 0 aliphatic carbocycles. The molecule has 7 heteroatoms. The van der Waals surface area contributed by atoms with Crippen molar-refractivity contribution in [3.63, 3.8) is 0 Å². The largest absolute Gasteiger partial charge is 0.385 e. The minimum Gasteiger partial charge on any atom is -0.385 e.